The number of urea groups is 1. The lowest BCUT2D eigenvalue weighted by atomic mass is 9.90. The SMILES string of the molecule is COCN1C(=O)N(c2ccc(C#N)c(C(F)(F)F)c2)C(=O)[C@@]1(C)c1ccccc1. The minimum absolute atomic E-state index is 0.241. The molecule has 1 heterocycles. The van der Waals surface area contributed by atoms with Crippen molar-refractivity contribution in [2.45, 2.75) is 18.6 Å². The summed E-state index contributed by atoms with van der Waals surface area (Å²) in [4.78, 5) is 28.1. The van der Waals surface area contributed by atoms with Gasteiger partial charge in [0.25, 0.3) is 5.91 Å². The van der Waals surface area contributed by atoms with E-state index in [2.05, 4.69) is 0 Å². The van der Waals surface area contributed by atoms with Crippen molar-refractivity contribution < 1.29 is 27.5 Å². The van der Waals surface area contributed by atoms with Crippen LogP contribution in [0.5, 0.6) is 0 Å². The molecule has 0 unspecified atom stereocenters. The number of imide groups is 1. The summed E-state index contributed by atoms with van der Waals surface area (Å²) in [7, 11) is 1.34. The van der Waals surface area contributed by atoms with E-state index in [1.165, 1.54) is 20.1 Å². The Morgan fingerprint density at radius 2 is 1.79 bits per heavy atom. The number of nitriles is 1. The highest BCUT2D eigenvalue weighted by molar-refractivity contribution is 6.23. The second-order valence-corrected chi connectivity index (χ2v) is 6.55. The van der Waals surface area contributed by atoms with Crippen LogP contribution in [0.15, 0.2) is 48.5 Å². The quantitative estimate of drug-likeness (QED) is 0.727. The molecule has 9 heteroatoms. The first kappa shape index (κ1) is 20.4. The van der Waals surface area contributed by atoms with E-state index in [9.17, 15) is 22.8 Å². The van der Waals surface area contributed by atoms with Gasteiger partial charge in [-0.05, 0) is 30.7 Å². The maximum absolute atomic E-state index is 13.3. The molecule has 1 atom stereocenters. The summed E-state index contributed by atoms with van der Waals surface area (Å²) in [5.41, 5.74) is -3.07. The van der Waals surface area contributed by atoms with Gasteiger partial charge in [0, 0.05) is 7.11 Å². The van der Waals surface area contributed by atoms with Crippen LogP contribution in [0.4, 0.5) is 23.7 Å². The average Bonchev–Trinajstić information content (AvgIpc) is 2.89. The molecule has 150 valence electrons. The minimum atomic E-state index is -4.82. The van der Waals surface area contributed by atoms with E-state index in [1.54, 1.807) is 30.3 Å². The summed E-state index contributed by atoms with van der Waals surface area (Å²) < 4.78 is 45.1. The first-order valence-electron chi connectivity index (χ1n) is 8.48. The van der Waals surface area contributed by atoms with E-state index < -0.39 is 34.8 Å². The highest BCUT2D eigenvalue weighted by Gasteiger charge is 2.56. The summed E-state index contributed by atoms with van der Waals surface area (Å²) in [5, 5.41) is 8.96. The van der Waals surface area contributed by atoms with Gasteiger partial charge in [0.1, 0.15) is 12.3 Å². The molecule has 0 aliphatic carbocycles. The van der Waals surface area contributed by atoms with Gasteiger partial charge in [0.2, 0.25) is 0 Å². The molecule has 2 aromatic carbocycles. The van der Waals surface area contributed by atoms with Gasteiger partial charge in [-0.2, -0.15) is 18.4 Å². The fourth-order valence-corrected chi connectivity index (χ4v) is 3.32. The Labute approximate surface area is 164 Å². The van der Waals surface area contributed by atoms with Crippen molar-refractivity contribution in [1.29, 1.82) is 5.26 Å². The van der Waals surface area contributed by atoms with Crippen molar-refractivity contribution in [2.24, 2.45) is 0 Å². The Bertz CT molecular complexity index is 1000. The van der Waals surface area contributed by atoms with Crippen LogP contribution in [0, 0.1) is 11.3 Å². The lowest BCUT2D eigenvalue weighted by Gasteiger charge is -2.31. The van der Waals surface area contributed by atoms with Crippen LogP contribution in [-0.2, 0) is 21.2 Å². The topological polar surface area (TPSA) is 73.6 Å². The molecule has 0 saturated carbocycles. The molecule has 1 saturated heterocycles. The van der Waals surface area contributed by atoms with Crippen LogP contribution >= 0.6 is 0 Å². The predicted molar refractivity (Wildman–Crippen MR) is 96.6 cm³/mol. The molecule has 2 aromatic rings. The standard InChI is InChI=1S/C20H16F3N3O3/c1-19(14-6-4-3-5-7-14)17(27)26(18(28)25(19)12-29-2)15-9-8-13(11-24)16(10-15)20(21,22)23/h3-10H,12H2,1-2H3/t19-/m1/s1. The average molecular weight is 403 g/mol. The highest BCUT2D eigenvalue weighted by Crippen LogP contribution is 2.41. The Hall–Kier alpha value is -3.38. The van der Waals surface area contributed by atoms with Crippen LogP contribution in [0.2, 0.25) is 0 Å². The Balaban J connectivity index is 2.16. The van der Waals surface area contributed by atoms with Crippen molar-refractivity contribution in [3.8, 4) is 6.07 Å². The van der Waals surface area contributed by atoms with E-state index in [1.807, 2.05) is 0 Å². The number of carbonyl (C=O) groups is 2. The van der Waals surface area contributed by atoms with Crippen LogP contribution in [0.3, 0.4) is 0 Å². The maximum Gasteiger partial charge on any atom is 0.417 e. The lowest BCUT2D eigenvalue weighted by molar-refractivity contribution is -0.137. The number of carbonyl (C=O) groups excluding carboxylic acids is 2. The molecule has 29 heavy (non-hydrogen) atoms. The van der Waals surface area contributed by atoms with E-state index in [-0.39, 0.29) is 12.4 Å². The number of rotatable bonds is 4. The molecular formula is C20H16F3N3O3. The van der Waals surface area contributed by atoms with Crippen LogP contribution in [0.1, 0.15) is 23.6 Å². The van der Waals surface area contributed by atoms with Gasteiger partial charge in [-0.25, -0.2) is 9.69 Å². The summed E-state index contributed by atoms with van der Waals surface area (Å²) in [6, 6.07) is 11.8. The maximum atomic E-state index is 13.3. The summed E-state index contributed by atoms with van der Waals surface area (Å²) in [6.07, 6.45) is -4.82. The highest BCUT2D eigenvalue weighted by atomic mass is 19.4. The van der Waals surface area contributed by atoms with Crippen LogP contribution in [0.25, 0.3) is 0 Å². The van der Waals surface area contributed by atoms with Gasteiger partial charge < -0.3 is 4.74 Å². The van der Waals surface area contributed by atoms with Gasteiger partial charge in [-0.3, -0.25) is 9.69 Å². The fraction of sp³-hybridized carbons (Fsp3) is 0.250. The van der Waals surface area contributed by atoms with Gasteiger partial charge in [-0.1, -0.05) is 30.3 Å². The number of alkyl halides is 3. The molecule has 1 aliphatic rings. The van der Waals surface area contributed by atoms with Gasteiger partial charge >= 0.3 is 12.2 Å². The van der Waals surface area contributed by atoms with Crippen molar-refractivity contribution in [1.82, 2.24) is 4.90 Å². The summed E-state index contributed by atoms with van der Waals surface area (Å²) in [5.74, 6) is -0.719. The van der Waals surface area contributed by atoms with E-state index in [4.69, 9.17) is 10.00 Å². The predicted octanol–water partition coefficient (Wildman–Crippen LogP) is 3.86. The van der Waals surface area contributed by atoms with E-state index in [0.29, 0.717) is 16.5 Å². The Kier molecular flexibility index (Phi) is 5.07. The zero-order chi connectivity index (χ0) is 21.4. The van der Waals surface area contributed by atoms with Crippen molar-refractivity contribution in [3.05, 3.63) is 65.2 Å². The molecule has 1 aliphatic heterocycles. The van der Waals surface area contributed by atoms with Crippen LogP contribution in [-0.4, -0.2) is 30.7 Å². The minimum Gasteiger partial charge on any atom is -0.364 e. The number of methoxy groups -OCH3 is 1. The van der Waals surface area contributed by atoms with Crippen molar-refractivity contribution in [2.75, 3.05) is 18.7 Å². The molecule has 3 amide bonds. The molecule has 0 bridgehead atoms. The Morgan fingerprint density at radius 1 is 1.14 bits per heavy atom. The number of hydrogen-bond acceptors (Lipinski definition) is 4. The second-order valence-electron chi connectivity index (χ2n) is 6.55. The largest absolute Gasteiger partial charge is 0.417 e. The van der Waals surface area contributed by atoms with Gasteiger partial charge in [0.15, 0.2) is 0 Å². The fourth-order valence-electron chi connectivity index (χ4n) is 3.32. The number of amides is 3. The third kappa shape index (κ3) is 3.21. The first-order valence-corrected chi connectivity index (χ1v) is 8.48. The molecular weight excluding hydrogens is 387 g/mol. The third-order valence-electron chi connectivity index (χ3n) is 4.86. The molecule has 3 rings (SSSR count). The van der Waals surface area contributed by atoms with Gasteiger partial charge in [-0.15, -0.1) is 0 Å². The molecule has 0 spiro atoms. The van der Waals surface area contributed by atoms with Crippen molar-refractivity contribution in [3.63, 3.8) is 0 Å². The summed E-state index contributed by atoms with van der Waals surface area (Å²) in [6.45, 7) is 1.27. The zero-order valence-electron chi connectivity index (χ0n) is 15.5. The second kappa shape index (κ2) is 7.22. The monoisotopic (exact) mass is 403 g/mol. The van der Waals surface area contributed by atoms with E-state index >= 15 is 0 Å². The third-order valence-corrected chi connectivity index (χ3v) is 4.86. The van der Waals surface area contributed by atoms with Crippen LogP contribution < -0.4 is 4.90 Å². The number of ether oxygens (including phenoxy) is 1. The number of benzene rings is 2. The van der Waals surface area contributed by atoms with Gasteiger partial charge in [0.05, 0.1) is 22.9 Å². The summed E-state index contributed by atoms with van der Waals surface area (Å²) >= 11 is 0. The van der Waals surface area contributed by atoms with Crippen molar-refractivity contribution >= 4 is 17.6 Å². The van der Waals surface area contributed by atoms with E-state index in [0.717, 1.165) is 17.0 Å². The molecule has 6 nitrogen and oxygen atoms in total. The number of halogens is 3. The first-order chi connectivity index (χ1) is 13.7. The normalized spacial score (nSPS) is 19.6. The molecule has 0 radical (unpaired) electrons. The Morgan fingerprint density at radius 3 is 2.34 bits per heavy atom. The number of hydrogen-bond donors (Lipinski definition) is 0. The lowest BCUT2D eigenvalue weighted by Crippen LogP contribution is -2.45. The smallest absolute Gasteiger partial charge is 0.364 e. The number of anilines is 1. The number of nitrogens with zero attached hydrogens (tertiary/aromatic N) is 3. The molecule has 1 fully saturated rings. The molecule has 0 N–H and O–H groups in total. The zero-order valence-corrected chi connectivity index (χ0v) is 15.5. The molecule has 0 aromatic heterocycles.